The first kappa shape index (κ1) is 23.8. The first-order valence-electron chi connectivity index (χ1n) is 9.47. The van der Waals surface area contributed by atoms with Gasteiger partial charge in [-0.2, -0.15) is 0 Å². The van der Waals surface area contributed by atoms with Crippen LogP contribution in [-0.4, -0.2) is 44.0 Å². The quantitative estimate of drug-likeness (QED) is 0.609. The Morgan fingerprint density at radius 1 is 0.935 bits per heavy atom. The van der Waals surface area contributed by atoms with Gasteiger partial charge < -0.3 is 29.4 Å². The Kier molecular flexibility index (Phi) is 7.71. The summed E-state index contributed by atoms with van der Waals surface area (Å²) in [5.41, 5.74) is 0.708. The third-order valence-corrected chi connectivity index (χ3v) is 4.10. The number of carbonyl (C=O) groups excluding carboxylic acids is 2. The van der Waals surface area contributed by atoms with Crippen molar-refractivity contribution in [1.29, 1.82) is 0 Å². The average molecular weight is 432 g/mol. The highest BCUT2D eigenvalue weighted by Crippen LogP contribution is 2.40. The molecule has 0 unspecified atom stereocenters. The number of ether oxygens (including phenoxy) is 4. The molecular formula is C22H28N2O7. The van der Waals surface area contributed by atoms with Crippen LogP contribution in [0.1, 0.15) is 36.7 Å². The predicted octanol–water partition coefficient (Wildman–Crippen LogP) is 3.80. The lowest BCUT2D eigenvalue weighted by Crippen LogP contribution is -2.27. The largest absolute Gasteiger partial charge is 0.493 e. The number of aliphatic hydroxyl groups excluding tert-OH is 1. The lowest BCUT2D eigenvalue weighted by atomic mass is 10.1. The van der Waals surface area contributed by atoms with Gasteiger partial charge in [-0.1, -0.05) is 6.07 Å². The second kappa shape index (κ2) is 10.0. The molecule has 0 radical (unpaired) electrons. The molecule has 0 aliphatic rings. The second-order valence-electron chi connectivity index (χ2n) is 7.53. The second-order valence-corrected chi connectivity index (χ2v) is 7.53. The molecule has 0 atom stereocenters. The number of hydrogen-bond donors (Lipinski definition) is 3. The molecule has 0 saturated carbocycles. The smallest absolute Gasteiger partial charge is 0.412 e. The van der Waals surface area contributed by atoms with Gasteiger partial charge in [-0.05, 0) is 32.9 Å². The summed E-state index contributed by atoms with van der Waals surface area (Å²) in [6, 6.07) is 7.75. The van der Waals surface area contributed by atoms with Crippen molar-refractivity contribution in [3.05, 3.63) is 41.5 Å². The molecule has 2 amide bonds. The van der Waals surface area contributed by atoms with Gasteiger partial charge in [-0.25, -0.2) is 4.79 Å². The van der Waals surface area contributed by atoms with E-state index in [1.807, 2.05) is 0 Å². The Balaban J connectivity index is 2.29. The molecule has 0 aliphatic carbocycles. The normalized spacial score (nSPS) is 10.8. The van der Waals surface area contributed by atoms with E-state index in [0.717, 1.165) is 0 Å². The molecule has 0 bridgehead atoms. The van der Waals surface area contributed by atoms with Crippen LogP contribution in [0.2, 0.25) is 0 Å². The van der Waals surface area contributed by atoms with Crippen LogP contribution in [0.3, 0.4) is 0 Å². The number of carbonyl (C=O) groups is 2. The average Bonchev–Trinajstić information content (AvgIpc) is 2.71. The van der Waals surface area contributed by atoms with E-state index < -0.39 is 17.6 Å². The number of amides is 2. The van der Waals surface area contributed by atoms with Crippen LogP contribution in [-0.2, 0) is 11.3 Å². The van der Waals surface area contributed by atoms with Crippen molar-refractivity contribution >= 4 is 23.4 Å². The zero-order chi connectivity index (χ0) is 23.2. The van der Waals surface area contributed by atoms with Crippen LogP contribution < -0.4 is 24.8 Å². The highest BCUT2D eigenvalue weighted by atomic mass is 16.6. The number of nitrogens with one attached hydrogen (secondary N) is 2. The van der Waals surface area contributed by atoms with Crippen LogP contribution in [0.15, 0.2) is 30.3 Å². The van der Waals surface area contributed by atoms with Gasteiger partial charge in [0.15, 0.2) is 11.5 Å². The van der Waals surface area contributed by atoms with Crippen molar-refractivity contribution in [2.24, 2.45) is 0 Å². The molecule has 9 nitrogen and oxygen atoms in total. The molecule has 31 heavy (non-hydrogen) atoms. The summed E-state index contributed by atoms with van der Waals surface area (Å²) < 4.78 is 21.1. The lowest BCUT2D eigenvalue weighted by molar-refractivity contribution is 0.0635. The minimum atomic E-state index is -0.690. The topological polar surface area (TPSA) is 115 Å². The number of hydrogen-bond acceptors (Lipinski definition) is 7. The zero-order valence-corrected chi connectivity index (χ0v) is 18.5. The minimum absolute atomic E-state index is 0.261. The summed E-state index contributed by atoms with van der Waals surface area (Å²) in [5.74, 6) is 0.741. The molecule has 0 saturated heterocycles. The van der Waals surface area contributed by atoms with Gasteiger partial charge in [-0.3, -0.25) is 10.1 Å². The van der Waals surface area contributed by atoms with Gasteiger partial charge in [0, 0.05) is 28.9 Å². The molecule has 0 heterocycles. The van der Waals surface area contributed by atoms with Gasteiger partial charge in [0.2, 0.25) is 5.75 Å². The monoisotopic (exact) mass is 432 g/mol. The van der Waals surface area contributed by atoms with Crippen molar-refractivity contribution in [2.75, 3.05) is 32.0 Å². The van der Waals surface area contributed by atoms with Gasteiger partial charge in [0.1, 0.15) is 5.60 Å². The van der Waals surface area contributed by atoms with Crippen molar-refractivity contribution in [3.8, 4) is 17.2 Å². The fraction of sp³-hybridized carbons (Fsp3) is 0.364. The summed E-state index contributed by atoms with van der Waals surface area (Å²) >= 11 is 0. The SMILES string of the molecule is COc1cc(NC(=O)c2ccc(CO)c(NC(=O)OC(C)(C)C)c2)cc(OC)c1OC. The molecule has 0 fully saturated rings. The van der Waals surface area contributed by atoms with Crippen molar-refractivity contribution < 1.29 is 33.6 Å². The molecule has 0 spiro atoms. The van der Waals surface area contributed by atoms with E-state index in [9.17, 15) is 14.7 Å². The van der Waals surface area contributed by atoms with E-state index >= 15 is 0 Å². The molecule has 168 valence electrons. The highest BCUT2D eigenvalue weighted by molar-refractivity contribution is 6.05. The Labute approximate surface area is 181 Å². The summed E-state index contributed by atoms with van der Waals surface area (Å²) in [6.07, 6.45) is -0.690. The molecular weight excluding hydrogens is 404 g/mol. The van der Waals surface area contributed by atoms with E-state index in [1.54, 1.807) is 45.0 Å². The van der Waals surface area contributed by atoms with E-state index in [4.69, 9.17) is 18.9 Å². The number of rotatable bonds is 7. The van der Waals surface area contributed by atoms with Crippen LogP contribution in [0, 0.1) is 0 Å². The summed E-state index contributed by atoms with van der Waals surface area (Å²) in [5, 5.41) is 14.9. The Morgan fingerprint density at radius 2 is 1.55 bits per heavy atom. The summed E-state index contributed by atoms with van der Waals surface area (Å²) in [7, 11) is 4.44. The number of aliphatic hydroxyl groups is 1. The first-order chi connectivity index (χ1) is 14.6. The van der Waals surface area contributed by atoms with Crippen molar-refractivity contribution in [3.63, 3.8) is 0 Å². The van der Waals surface area contributed by atoms with Crippen molar-refractivity contribution in [1.82, 2.24) is 0 Å². The molecule has 0 aliphatic heterocycles. The van der Waals surface area contributed by atoms with Crippen LogP contribution >= 0.6 is 0 Å². The van der Waals surface area contributed by atoms with Crippen molar-refractivity contribution in [2.45, 2.75) is 33.0 Å². The van der Waals surface area contributed by atoms with E-state index in [2.05, 4.69) is 10.6 Å². The molecule has 3 N–H and O–H groups in total. The molecule has 2 aromatic carbocycles. The van der Waals surface area contributed by atoms with Crippen LogP contribution in [0.25, 0.3) is 0 Å². The molecule has 0 aromatic heterocycles. The van der Waals surface area contributed by atoms with E-state index in [1.165, 1.54) is 27.4 Å². The maximum atomic E-state index is 12.8. The Hall–Kier alpha value is -3.46. The van der Waals surface area contributed by atoms with Gasteiger partial charge in [-0.15, -0.1) is 0 Å². The standard InChI is InChI=1S/C22H28N2O7/c1-22(2,3)31-21(27)24-16-9-13(7-8-14(16)12-25)20(26)23-15-10-17(28-4)19(30-6)18(11-15)29-5/h7-11,25H,12H2,1-6H3,(H,23,26)(H,24,27). The molecule has 2 rings (SSSR count). The number of anilines is 2. The molecule has 9 heteroatoms. The minimum Gasteiger partial charge on any atom is -0.493 e. The third kappa shape index (κ3) is 6.26. The fourth-order valence-electron chi connectivity index (χ4n) is 2.74. The van der Waals surface area contributed by atoms with E-state index in [-0.39, 0.29) is 17.9 Å². The highest BCUT2D eigenvalue weighted by Gasteiger charge is 2.19. The maximum absolute atomic E-state index is 12.8. The van der Waals surface area contributed by atoms with E-state index in [0.29, 0.717) is 28.5 Å². The van der Waals surface area contributed by atoms with Gasteiger partial charge in [0.05, 0.1) is 33.6 Å². The fourth-order valence-corrected chi connectivity index (χ4v) is 2.74. The third-order valence-electron chi connectivity index (χ3n) is 4.10. The number of benzene rings is 2. The van der Waals surface area contributed by atoms with Gasteiger partial charge in [0.25, 0.3) is 5.91 Å². The van der Waals surface area contributed by atoms with Crippen LogP contribution in [0.4, 0.5) is 16.2 Å². The summed E-state index contributed by atoms with van der Waals surface area (Å²) in [4.78, 5) is 24.9. The van der Waals surface area contributed by atoms with Crippen LogP contribution in [0.5, 0.6) is 17.2 Å². The first-order valence-corrected chi connectivity index (χ1v) is 9.47. The Bertz CT molecular complexity index is 926. The molecule has 2 aromatic rings. The van der Waals surface area contributed by atoms with Gasteiger partial charge >= 0.3 is 6.09 Å². The maximum Gasteiger partial charge on any atom is 0.412 e. The number of methoxy groups -OCH3 is 3. The predicted molar refractivity (Wildman–Crippen MR) is 116 cm³/mol. The lowest BCUT2D eigenvalue weighted by Gasteiger charge is -2.20. The Morgan fingerprint density at radius 3 is 2.03 bits per heavy atom. The summed E-state index contributed by atoms with van der Waals surface area (Å²) in [6.45, 7) is 4.89. The zero-order valence-electron chi connectivity index (χ0n) is 18.5.